The standard InChI is InChI=1S/C21H26N4O2.HI/c1-23-21(24-15-16-7-9-17(10-8-16)20(22)26)25-13-11-19(12-14-25)27-18-5-3-2-4-6-18;/h2-10,19H,11-15H2,1H3,(H2,22,26)(H,23,24);1H. The highest BCUT2D eigenvalue weighted by Gasteiger charge is 2.22. The number of rotatable bonds is 5. The van der Waals surface area contributed by atoms with E-state index in [0.29, 0.717) is 12.1 Å². The first-order chi connectivity index (χ1) is 13.2. The van der Waals surface area contributed by atoms with E-state index in [1.54, 1.807) is 19.2 Å². The number of hydrogen-bond acceptors (Lipinski definition) is 3. The normalized spacial score (nSPS) is 14.9. The van der Waals surface area contributed by atoms with Crippen molar-refractivity contribution in [1.29, 1.82) is 0 Å². The second-order valence-electron chi connectivity index (χ2n) is 6.58. The van der Waals surface area contributed by atoms with Gasteiger partial charge < -0.3 is 20.7 Å². The van der Waals surface area contributed by atoms with Crippen LogP contribution in [0.5, 0.6) is 5.75 Å². The topological polar surface area (TPSA) is 79.9 Å². The molecule has 150 valence electrons. The first-order valence-corrected chi connectivity index (χ1v) is 9.22. The molecule has 0 saturated carbocycles. The van der Waals surface area contributed by atoms with Crippen LogP contribution in [0.15, 0.2) is 59.6 Å². The number of piperidine rings is 1. The van der Waals surface area contributed by atoms with Gasteiger partial charge in [0, 0.05) is 45.1 Å². The average molecular weight is 494 g/mol. The summed E-state index contributed by atoms with van der Waals surface area (Å²) in [5, 5.41) is 3.39. The van der Waals surface area contributed by atoms with E-state index < -0.39 is 5.91 Å². The number of guanidine groups is 1. The Morgan fingerprint density at radius 1 is 1.14 bits per heavy atom. The molecule has 6 nitrogen and oxygen atoms in total. The molecule has 2 aromatic carbocycles. The molecule has 2 aromatic rings. The van der Waals surface area contributed by atoms with Crippen LogP contribution in [0, 0.1) is 0 Å². The van der Waals surface area contributed by atoms with Crippen LogP contribution in [0.4, 0.5) is 0 Å². The highest BCUT2D eigenvalue weighted by molar-refractivity contribution is 14.0. The molecule has 1 aliphatic heterocycles. The smallest absolute Gasteiger partial charge is 0.248 e. The van der Waals surface area contributed by atoms with Gasteiger partial charge in [-0.1, -0.05) is 30.3 Å². The molecule has 3 N–H and O–H groups in total. The van der Waals surface area contributed by atoms with Crippen molar-refractivity contribution in [2.24, 2.45) is 10.7 Å². The van der Waals surface area contributed by atoms with Gasteiger partial charge in [-0.2, -0.15) is 0 Å². The van der Waals surface area contributed by atoms with Crippen molar-refractivity contribution in [3.8, 4) is 5.75 Å². The summed E-state index contributed by atoms with van der Waals surface area (Å²) < 4.78 is 6.05. The minimum atomic E-state index is -0.411. The van der Waals surface area contributed by atoms with Gasteiger partial charge in [0.25, 0.3) is 0 Å². The van der Waals surface area contributed by atoms with Gasteiger partial charge in [0.15, 0.2) is 5.96 Å². The maximum atomic E-state index is 11.1. The minimum Gasteiger partial charge on any atom is -0.490 e. The molecular weight excluding hydrogens is 467 g/mol. The summed E-state index contributed by atoms with van der Waals surface area (Å²) in [7, 11) is 1.80. The summed E-state index contributed by atoms with van der Waals surface area (Å²) in [4.78, 5) is 17.8. The van der Waals surface area contributed by atoms with Crippen LogP contribution in [0.3, 0.4) is 0 Å². The highest BCUT2D eigenvalue weighted by Crippen LogP contribution is 2.18. The van der Waals surface area contributed by atoms with E-state index in [2.05, 4.69) is 15.2 Å². The van der Waals surface area contributed by atoms with Gasteiger partial charge >= 0.3 is 0 Å². The third-order valence-corrected chi connectivity index (χ3v) is 4.69. The van der Waals surface area contributed by atoms with Gasteiger partial charge in [-0.15, -0.1) is 24.0 Å². The van der Waals surface area contributed by atoms with Gasteiger partial charge in [0.1, 0.15) is 11.9 Å². The van der Waals surface area contributed by atoms with E-state index in [-0.39, 0.29) is 30.1 Å². The summed E-state index contributed by atoms with van der Waals surface area (Å²) in [5.74, 6) is 1.40. The number of nitrogens with two attached hydrogens (primary N) is 1. The van der Waals surface area contributed by atoms with Crippen molar-refractivity contribution in [3.63, 3.8) is 0 Å². The fourth-order valence-electron chi connectivity index (χ4n) is 3.18. The van der Waals surface area contributed by atoms with Crippen LogP contribution in [0.25, 0.3) is 0 Å². The van der Waals surface area contributed by atoms with Crippen LogP contribution in [-0.4, -0.2) is 43.0 Å². The van der Waals surface area contributed by atoms with Gasteiger partial charge in [0.05, 0.1) is 0 Å². The zero-order chi connectivity index (χ0) is 19.1. The maximum Gasteiger partial charge on any atom is 0.248 e. The number of benzene rings is 2. The fraction of sp³-hybridized carbons (Fsp3) is 0.333. The number of carbonyl (C=O) groups is 1. The fourth-order valence-corrected chi connectivity index (χ4v) is 3.18. The Bertz CT molecular complexity index is 773. The zero-order valence-corrected chi connectivity index (χ0v) is 18.3. The number of para-hydroxylation sites is 1. The number of nitrogens with zero attached hydrogens (tertiary/aromatic N) is 2. The lowest BCUT2D eigenvalue weighted by Crippen LogP contribution is -2.47. The van der Waals surface area contributed by atoms with Crippen molar-refractivity contribution in [2.75, 3.05) is 20.1 Å². The first kappa shape index (κ1) is 22.0. The predicted octanol–water partition coefficient (Wildman–Crippen LogP) is 3.02. The number of aliphatic imine (C=N–C) groups is 1. The van der Waals surface area contributed by atoms with E-state index in [4.69, 9.17) is 10.5 Å². The lowest BCUT2D eigenvalue weighted by Gasteiger charge is -2.34. The molecule has 3 rings (SSSR count). The molecule has 1 aliphatic rings. The number of halogens is 1. The monoisotopic (exact) mass is 494 g/mol. The Morgan fingerprint density at radius 3 is 2.36 bits per heavy atom. The Kier molecular flexibility index (Phi) is 8.56. The van der Waals surface area contributed by atoms with Crippen molar-refractivity contribution in [3.05, 3.63) is 65.7 Å². The number of amides is 1. The Balaban J connectivity index is 0.00000280. The van der Waals surface area contributed by atoms with E-state index in [1.165, 1.54) is 0 Å². The largest absolute Gasteiger partial charge is 0.490 e. The van der Waals surface area contributed by atoms with Crippen molar-refractivity contribution in [1.82, 2.24) is 10.2 Å². The molecule has 0 radical (unpaired) electrons. The molecule has 1 saturated heterocycles. The maximum absolute atomic E-state index is 11.1. The highest BCUT2D eigenvalue weighted by atomic mass is 127. The molecule has 1 amide bonds. The molecule has 0 unspecified atom stereocenters. The van der Waals surface area contributed by atoms with Crippen molar-refractivity contribution < 1.29 is 9.53 Å². The van der Waals surface area contributed by atoms with E-state index in [0.717, 1.165) is 43.2 Å². The molecule has 1 fully saturated rings. The number of carbonyl (C=O) groups excluding carboxylic acids is 1. The van der Waals surface area contributed by atoms with Gasteiger partial charge in [-0.05, 0) is 29.8 Å². The average Bonchev–Trinajstić information content (AvgIpc) is 2.71. The molecule has 7 heteroatoms. The second-order valence-corrected chi connectivity index (χ2v) is 6.58. The first-order valence-electron chi connectivity index (χ1n) is 9.22. The van der Waals surface area contributed by atoms with E-state index >= 15 is 0 Å². The third-order valence-electron chi connectivity index (χ3n) is 4.69. The Hall–Kier alpha value is -2.29. The van der Waals surface area contributed by atoms with Crippen LogP contribution in [0.1, 0.15) is 28.8 Å². The molecule has 28 heavy (non-hydrogen) atoms. The molecular formula is C21H27IN4O2. The van der Waals surface area contributed by atoms with Crippen molar-refractivity contribution in [2.45, 2.75) is 25.5 Å². The number of ether oxygens (including phenoxy) is 1. The summed E-state index contributed by atoms with van der Waals surface area (Å²) in [6.45, 7) is 2.45. The van der Waals surface area contributed by atoms with E-state index in [9.17, 15) is 4.79 Å². The second kappa shape index (κ2) is 10.9. The minimum absolute atomic E-state index is 0. The molecule has 0 atom stereocenters. The van der Waals surface area contributed by atoms with Crippen LogP contribution < -0.4 is 15.8 Å². The van der Waals surface area contributed by atoms with Gasteiger partial charge in [-0.25, -0.2) is 0 Å². The Morgan fingerprint density at radius 2 is 1.79 bits per heavy atom. The van der Waals surface area contributed by atoms with Crippen LogP contribution in [-0.2, 0) is 6.54 Å². The molecule has 0 aliphatic carbocycles. The summed E-state index contributed by atoms with van der Waals surface area (Å²) >= 11 is 0. The number of hydrogen-bond donors (Lipinski definition) is 2. The predicted molar refractivity (Wildman–Crippen MR) is 122 cm³/mol. The number of primary amides is 1. The third kappa shape index (κ3) is 6.12. The molecule has 0 bridgehead atoms. The SMILES string of the molecule is CN=C(NCc1ccc(C(N)=O)cc1)N1CCC(Oc2ccccc2)CC1.I. The van der Waals surface area contributed by atoms with E-state index in [1.807, 2.05) is 42.5 Å². The van der Waals surface area contributed by atoms with Gasteiger partial charge in [0.2, 0.25) is 5.91 Å². The quantitative estimate of drug-likeness (QED) is 0.381. The lowest BCUT2D eigenvalue weighted by atomic mass is 10.1. The number of nitrogens with one attached hydrogen (secondary N) is 1. The zero-order valence-electron chi connectivity index (χ0n) is 16.0. The molecule has 0 aromatic heterocycles. The summed E-state index contributed by atoms with van der Waals surface area (Å²) in [6.07, 6.45) is 2.16. The lowest BCUT2D eigenvalue weighted by molar-refractivity contribution is 0.1000. The summed E-state index contributed by atoms with van der Waals surface area (Å²) in [5.41, 5.74) is 6.86. The van der Waals surface area contributed by atoms with Gasteiger partial charge in [-0.3, -0.25) is 9.79 Å². The molecule has 0 spiro atoms. The van der Waals surface area contributed by atoms with Crippen molar-refractivity contribution >= 4 is 35.8 Å². The van der Waals surface area contributed by atoms with Crippen LogP contribution >= 0.6 is 24.0 Å². The van der Waals surface area contributed by atoms with Crippen LogP contribution in [0.2, 0.25) is 0 Å². The Labute approximate surface area is 183 Å². The summed E-state index contributed by atoms with van der Waals surface area (Å²) in [6, 6.07) is 17.3. The molecule has 1 heterocycles. The number of likely N-dealkylation sites (tertiary alicyclic amines) is 1.